The molecule has 6 nitrogen and oxygen atoms in total. The molecule has 1 heterocycles. The topological polar surface area (TPSA) is 52.1 Å². The van der Waals surface area contributed by atoms with Gasteiger partial charge in [0.1, 0.15) is 5.75 Å². The number of benzene rings is 2. The summed E-state index contributed by atoms with van der Waals surface area (Å²) in [6.07, 6.45) is -4.39. The van der Waals surface area contributed by atoms with E-state index in [1.807, 2.05) is 31.3 Å². The number of halogens is 4. The lowest BCUT2D eigenvalue weighted by molar-refractivity contribution is -0.137. The number of anilines is 1. The van der Waals surface area contributed by atoms with Gasteiger partial charge in [0.05, 0.1) is 12.7 Å². The van der Waals surface area contributed by atoms with Crippen LogP contribution >= 0.6 is 24.0 Å². The second-order valence-corrected chi connectivity index (χ2v) is 7.76. The maximum Gasteiger partial charge on any atom is 0.416 e. The summed E-state index contributed by atoms with van der Waals surface area (Å²) in [5.41, 5.74) is 1.77. The minimum absolute atomic E-state index is 0. The number of hydrogen-bond acceptors (Lipinski definition) is 4. The largest absolute Gasteiger partial charge is 0.497 e. The fourth-order valence-electron chi connectivity index (χ4n) is 3.63. The summed E-state index contributed by atoms with van der Waals surface area (Å²) in [6.45, 7) is 4.03. The summed E-state index contributed by atoms with van der Waals surface area (Å²) in [4.78, 5) is 8.56. The van der Waals surface area contributed by atoms with E-state index < -0.39 is 11.7 Å². The Morgan fingerprint density at radius 3 is 2.36 bits per heavy atom. The molecule has 0 spiro atoms. The molecule has 0 radical (unpaired) electrons. The molecule has 0 aromatic heterocycles. The third-order valence-electron chi connectivity index (χ3n) is 5.51. The monoisotopic (exact) mass is 577 g/mol. The van der Waals surface area contributed by atoms with Gasteiger partial charge in [0.2, 0.25) is 0 Å². The number of nitrogens with zero attached hydrogens (tertiary/aromatic N) is 3. The molecule has 2 aromatic rings. The molecule has 2 aromatic carbocycles. The Morgan fingerprint density at radius 2 is 1.73 bits per heavy atom. The van der Waals surface area contributed by atoms with Crippen molar-refractivity contribution in [2.24, 2.45) is 4.99 Å². The molecule has 1 aliphatic rings. The van der Waals surface area contributed by atoms with Crippen molar-refractivity contribution in [1.82, 2.24) is 15.5 Å². The number of nitrogens with one attached hydrogen (secondary N) is 2. The summed E-state index contributed by atoms with van der Waals surface area (Å²) in [7, 11) is 5.29. The summed E-state index contributed by atoms with van der Waals surface area (Å²) >= 11 is 0. The maximum atomic E-state index is 13.3. The Hall–Kier alpha value is -2.21. The average molecular weight is 577 g/mol. The predicted molar refractivity (Wildman–Crippen MR) is 137 cm³/mol. The van der Waals surface area contributed by atoms with Crippen LogP contribution in [0.25, 0.3) is 0 Å². The predicted octanol–water partition coefficient (Wildman–Crippen LogP) is 3.95. The zero-order chi connectivity index (χ0) is 23.1. The number of hydrogen-bond donors (Lipinski definition) is 2. The van der Waals surface area contributed by atoms with Crippen molar-refractivity contribution in [1.29, 1.82) is 0 Å². The molecule has 0 atom stereocenters. The quantitative estimate of drug-likeness (QED) is 0.310. The van der Waals surface area contributed by atoms with E-state index in [1.54, 1.807) is 20.2 Å². The molecule has 1 fully saturated rings. The SMILES string of the molecule is CN=C(NCc1cccc(OC)c1)NCc1cc(C(F)(F)F)ccc1N1CCN(C)CC1.I. The molecule has 2 N–H and O–H groups in total. The molecular formula is C23H31F3IN5O. The van der Waals surface area contributed by atoms with E-state index in [-0.39, 0.29) is 30.5 Å². The van der Waals surface area contributed by atoms with Gasteiger partial charge in [-0.05, 0) is 48.5 Å². The van der Waals surface area contributed by atoms with Crippen LogP contribution in [0, 0.1) is 0 Å². The highest BCUT2D eigenvalue weighted by Gasteiger charge is 2.31. The van der Waals surface area contributed by atoms with Crippen molar-refractivity contribution >= 4 is 35.6 Å². The molecule has 0 amide bonds. The number of methoxy groups -OCH3 is 1. The molecule has 33 heavy (non-hydrogen) atoms. The molecule has 3 rings (SSSR count). The first kappa shape index (κ1) is 27.0. The van der Waals surface area contributed by atoms with E-state index in [0.29, 0.717) is 18.1 Å². The van der Waals surface area contributed by atoms with Crippen LogP contribution in [0.2, 0.25) is 0 Å². The van der Waals surface area contributed by atoms with Gasteiger partial charge in [0, 0.05) is 52.0 Å². The van der Waals surface area contributed by atoms with Crippen molar-refractivity contribution < 1.29 is 17.9 Å². The molecule has 0 unspecified atom stereocenters. The molecule has 0 bridgehead atoms. The van der Waals surface area contributed by atoms with E-state index in [1.165, 1.54) is 6.07 Å². The number of piperazine rings is 1. The van der Waals surface area contributed by atoms with Gasteiger partial charge < -0.3 is 25.2 Å². The standard InChI is InChI=1S/C23H30F3N5O.HI/c1-27-22(28-15-17-5-4-6-20(13-17)32-3)29-16-18-14-19(23(24,25)26)7-8-21(18)31-11-9-30(2)10-12-31;/h4-8,13-14H,9-12,15-16H2,1-3H3,(H2,27,28,29);1H. The first-order chi connectivity index (χ1) is 15.3. The lowest BCUT2D eigenvalue weighted by atomic mass is 10.1. The minimum atomic E-state index is -4.39. The normalized spacial score (nSPS) is 15.1. The van der Waals surface area contributed by atoms with Crippen LogP contribution in [0.1, 0.15) is 16.7 Å². The summed E-state index contributed by atoms with van der Waals surface area (Å²) in [5.74, 6) is 1.27. The summed E-state index contributed by atoms with van der Waals surface area (Å²) in [6, 6.07) is 11.6. The summed E-state index contributed by atoms with van der Waals surface area (Å²) < 4.78 is 45.3. The van der Waals surface area contributed by atoms with Crippen molar-refractivity contribution in [3.8, 4) is 5.75 Å². The number of alkyl halides is 3. The van der Waals surface area contributed by atoms with E-state index >= 15 is 0 Å². The van der Waals surface area contributed by atoms with Crippen molar-refractivity contribution in [3.63, 3.8) is 0 Å². The highest BCUT2D eigenvalue weighted by Crippen LogP contribution is 2.33. The fraction of sp³-hybridized carbons (Fsp3) is 0.435. The Kier molecular flexibility index (Phi) is 10.1. The molecule has 182 valence electrons. The molecule has 0 saturated carbocycles. The van der Waals surface area contributed by atoms with Crippen LogP contribution in [0.5, 0.6) is 5.75 Å². The van der Waals surface area contributed by atoms with Gasteiger partial charge in [0.25, 0.3) is 0 Å². The zero-order valence-corrected chi connectivity index (χ0v) is 21.4. The first-order valence-corrected chi connectivity index (χ1v) is 10.5. The molecule has 0 aliphatic carbocycles. The molecule has 1 saturated heterocycles. The number of guanidine groups is 1. The Bertz CT molecular complexity index is 931. The molecular weight excluding hydrogens is 546 g/mol. The van der Waals surface area contributed by atoms with Gasteiger partial charge in [-0.1, -0.05) is 12.1 Å². The second kappa shape index (κ2) is 12.3. The van der Waals surface area contributed by atoms with Crippen LogP contribution in [0.15, 0.2) is 47.5 Å². The fourth-order valence-corrected chi connectivity index (χ4v) is 3.63. The van der Waals surface area contributed by atoms with E-state index in [9.17, 15) is 13.2 Å². The van der Waals surface area contributed by atoms with Gasteiger partial charge in [-0.15, -0.1) is 24.0 Å². The number of likely N-dealkylation sites (N-methyl/N-ethyl adjacent to an activating group) is 1. The lowest BCUT2D eigenvalue weighted by Gasteiger charge is -2.35. The third kappa shape index (κ3) is 7.66. The minimum Gasteiger partial charge on any atom is -0.497 e. The Labute approximate surface area is 210 Å². The van der Waals surface area contributed by atoms with Gasteiger partial charge in [-0.3, -0.25) is 4.99 Å². The van der Waals surface area contributed by atoms with Crippen molar-refractivity contribution in [2.75, 3.05) is 52.3 Å². The first-order valence-electron chi connectivity index (χ1n) is 10.5. The van der Waals surface area contributed by atoms with Crippen LogP contribution < -0.4 is 20.3 Å². The van der Waals surface area contributed by atoms with Crippen molar-refractivity contribution in [3.05, 3.63) is 59.2 Å². The van der Waals surface area contributed by atoms with Crippen LogP contribution in [-0.4, -0.2) is 58.2 Å². The highest BCUT2D eigenvalue weighted by molar-refractivity contribution is 14.0. The van der Waals surface area contributed by atoms with Gasteiger partial charge in [-0.2, -0.15) is 13.2 Å². The zero-order valence-electron chi connectivity index (χ0n) is 19.1. The average Bonchev–Trinajstić information content (AvgIpc) is 2.79. The molecule has 10 heteroatoms. The van der Waals surface area contributed by atoms with Crippen LogP contribution in [0.3, 0.4) is 0 Å². The summed E-state index contributed by atoms with van der Waals surface area (Å²) in [5, 5.41) is 6.35. The maximum absolute atomic E-state index is 13.3. The highest BCUT2D eigenvalue weighted by atomic mass is 127. The third-order valence-corrected chi connectivity index (χ3v) is 5.51. The number of rotatable bonds is 6. The second-order valence-electron chi connectivity index (χ2n) is 7.76. The number of aliphatic imine (C=N–C) groups is 1. The van der Waals surface area contributed by atoms with E-state index in [0.717, 1.165) is 49.2 Å². The van der Waals surface area contributed by atoms with Gasteiger partial charge in [0.15, 0.2) is 5.96 Å². The van der Waals surface area contributed by atoms with Gasteiger partial charge >= 0.3 is 6.18 Å². The molecule has 1 aliphatic heterocycles. The smallest absolute Gasteiger partial charge is 0.416 e. The van der Waals surface area contributed by atoms with Crippen molar-refractivity contribution in [2.45, 2.75) is 19.3 Å². The van der Waals surface area contributed by atoms with Crippen LogP contribution in [0.4, 0.5) is 18.9 Å². The Balaban J connectivity index is 0.00000385. The lowest BCUT2D eigenvalue weighted by Crippen LogP contribution is -2.45. The number of ether oxygens (including phenoxy) is 1. The van der Waals surface area contributed by atoms with E-state index in [2.05, 4.69) is 25.4 Å². The van der Waals surface area contributed by atoms with Gasteiger partial charge in [-0.25, -0.2) is 0 Å². The Morgan fingerprint density at radius 1 is 1.03 bits per heavy atom. The van der Waals surface area contributed by atoms with E-state index in [4.69, 9.17) is 4.74 Å². The van der Waals surface area contributed by atoms with Crippen LogP contribution in [-0.2, 0) is 19.3 Å².